The Kier molecular flexibility index (Phi) is 4.30. The Hall–Kier alpha value is -1.68. The smallest absolute Gasteiger partial charge is 0.149 e. The lowest BCUT2D eigenvalue weighted by Crippen LogP contribution is -2.28. The zero-order valence-corrected chi connectivity index (χ0v) is 13.6. The van der Waals surface area contributed by atoms with E-state index in [0.29, 0.717) is 11.4 Å². The van der Waals surface area contributed by atoms with Crippen LogP contribution in [0, 0.1) is 18.7 Å². The Morgan fingerprint density at radius 1 is 1.41 bits per heavy atom. The molecule has 1 atom stereocenters. The van der Waals surface area contributed by atoms with Gasteiger partial charge in [0.05, 0.1) is 0 Å². The number of hydrogen-bond acceptors (Lipinski definition) is 3. The standard InChI is InChI=1S/C18H24FN3/c1-4-21(3)11-14-8-9-22(12-14)17-10-13(2)20-18-15(17)6-5-7-16(18)19/h5-7,10,14H,4,8-9,11-12H2,1-3H3. The molecule has 2 heterocycles. The van der Waals surface area contributed by atoms with Gasteiger partial charge in [-0.25, -0.2) is 9.37 Å². The number of aromatic nitrogens is 1. The molecule has 2 aromatic rings. The van der Waals surface area contributed by atoms with E-state index in [1.807, 2.05) is 13.0 Å². The van der Waals surface area contributed by atoms with Crippen LogP contribution in [0.4, 0.5) is 10.1 Å². The third-order valence-corrected chi connectivity index (χ3v) is 4.63. The van der Waals surface area contributed by atoms with Crippen molar-refractivity contribution in [2.24, 2.45) is 5.92 Å². The second-order valence-corrected chi connectivity index (χ2v) is 6.37. The van der Waals surface area contributed by atoms with Gasteiger partial charge in [0.2, 0.25) is 0 Å². The van der Waals surface area contributed by atoms with Crippen LogP contribution >= 0.6 is 0 Å². The molecule has 0 bridgehead atoms. The quantitative estimate of drug-likeness (QED) is 0.862. The Morgan fingerprint density at radius 3 is 3.00 bits per heavy atom. The molecule has 1 unspecified atom stereocenters. The van der Waals surface area contributed by atoms with Crippen LogP contribution in [0.5, 0.6) is 0 Å². The maximum Gasteiger partial charge on any atom is 0.149 e. The third-order valence-electron chi connectivity index (χ3n) is 4.63. The topological polar surface area (TPSA) is 19.4 Å². The number of aryl methyl sites for hydroxylation is 1. The van der Waals surface area contributed by atoms with E-state index in [-0.39, 0.29) is 5.82 Å². The van der Waals surface area contributed by atoms with Gasteiger partial charge in [0.25, 0.3) is 0 Å². The van der Waals surface area contributed by atoms with Crippen molar-refractivity contribution in [3.05, 3.63) is 35.8 Å². The lowest BCUT2D eigenvalue weighted by Gasteiger charge is -2.23. The first-order valence-corrected chi connectivity index (χ1v) is 8.08. The van der Waals surface area contributed by atoms with Gasteiger partial charge in [0.15, 0.2) is 0 Å². The van der Waals surface area contributed by atoms with E-state index in [4.69, 9.17) is 0 Å². The molecular weight excluding hydrogens is 277 g/mol. The average molecular weight is 301 g/mol. The summed E-state index contributed by atoms with van der Waals surface area (Å²) in [6.07, 6.45) is 1.20. The number of pyridine rings is 1. The lowest BCUT2D eigenvalue weighted by atomic mass is 10.1. The van der Waals surface area contributed by atoms with Crippen molar-refractivity contribution < 1.29 is 4.39 Å². The molecule has 1 aromatic heterocycles. The number of anilines is 1. The van der Waals surface area contributed by atoms with Crippen LogP contribution in [-0.2, 0) is 0 Å². The summed E-state index contributed by atoms with van der Waals surface area (Å²) in [6.45, 7) is 8.42. The number of benzene rings is 1. The Bertz CT molecular complexity index is 671. The Morgan fingerprint density at radius 2 is 2.23 bits per heavy atom. The van der Waals surface area contributed by atoms with Gasteiger partial charge in [-0.15, -0.1) is 0 Å². The minimum Gasteiger partial charge on any atom is -0.371 e. The van der Waals surface area contributed by atoms with Gasteiger partial charge in [0.1, 0.15) is 11.3 Å². The SMILES string of the molecule is CCN(C)CC1CCN(c2cc(C)nc3c(F)cccc23)C1. The van der Waals surface area contributed by atoms with E-state index in [1.54, 1.807) is 6.07 Å². The van der Waals surface area contributed by atoms with Crippen molar-refractivity contribution in [1.29, 1.82) is 0 Å². The van der Waals surface area contributed by atoms with Gasteiger partial charge in [-0.3, -0.25) is 0 Å². The zero-order valence-electron chi connectivity index (χ0n) is 13.6. The third kappa shape index (κ3) is 2.93. The number of hydrogen-bond donors (Lipinski definition) is 0. The molecule has 1 saturated heterocycles. The summed E-state index contributed by atoms with van der Waals surface area (Å²) in [5.41, 5.74) is 2.50. The summed E-state index contributed by atoms with van der Waals surface area (Å²) >= 11 is 0. The fourth-order valence-corrected chi connectivity index (χ4v) is 3.35. The first-order chi connectivity index (χ1) is 10.6. The average Bonchev–Trinajstić information content (AvgIpc) is 2.95. The first-order valence-electron chi connectivity index (χ1n) is 8.08. The number of nitrogens with zero attached hydrogens (tertiary/aromatic N) is 3. The van der Waals surface area contributed by atoms with Gasteiger partial charge in [0, 0.05) is 36.4 Å². The maximum atomic E-state index is 14.0. The molecule has 4 heteroatoms. The Labute approximate surface area is 131 Å². The monoisotopic (exact) mass is 301 g/mol. The summed E-state index contributed by atoms with van der Waals surface area (Å²) in [4.78, 5) is 9.14. The van der Waals surface area contributed by atoms with Crippen molar-refractivity contribution in [1.82, 2.24) is 9.88 Å². The van der Waals surface area contributed by atoms with Crippen molar-refractivity contribution in [2.75, 3.05) is 38.1 Å². The first kappa shape index (κ1) is 15.2. The summed E-state index contributed by atoms with van der Waals surface area (Å²) in [7, 11) is 2.17. The molecule has 22 heavy (non-hydrogen) atoms. The van der Waals surface area contributed by atoms with Gasteiger partial charge < -0.3 is 9.80 Å². The molecule has 0 amide bonds. The molecule has 1 aliphatic rings. The molecule has 1 aromatic carbocycles. The van der Waals surface area contributed by atoms with Gasteiger partial charge >= 0.3 is 0 Å². The van der Waals surface area contributed by atoms with Crippen LogP contribution in [-0.4, -0.2) is 43.1 Å². The molecule has 118 valence electrons. The van der Waals surface area contributed by atoms with E-state index < -0.39 is 0 Å². The van der Waals surface area contributed by atoms with Crippen molar-refractivity contribution in [2.45, 2.75) is 20.3 Å². The number of rotatable bonds is 4. The van der Waals surface area contributed by atoms with Crippen molar-refractivity contribution in [3.8, 4) is 0 Å². The molecule has 1 aliphatic heterocycles. The molecule has 3 rings (SSSR count). The molecule has 0 N–H and O–H groups in total. The molecule has 0 aliphatic carbocycles. The molecule has 3 nitrogen and oxygen atoms in total. The second-order valence-electron chi connectivity index (χ2n) is 6.37. The van der Waals surface area contributed by atoms with Crippen LogP contribution in [0.1, 0.15) is 19.0 Å². The van der Waals surface area contributed by atoms with E-state index in [2.05, 4.69) is 34.8 Å². The second kappa shape index (κ2) is 6.21. The lowest BCUT2D eigenvalue weighted by molar-refractivity contribution is 0.300. The number of fused-ring (bicyclic) bond motifs is 1. The fourth-order valence-electron chi connectivity index (χ4n) is 3.35. The number of halogens is 1. The highest BCUT2D eigenvalue weighted by atomic mass is 19.1. The number of para-hydroxylation sites is 1. The van der Waals surface area contributed by atoms with E-state index in [0.717, 1.165) is 42.9 Å². The highest BCUT2D eigenvalue weighted by molar-refractivity contribution is 5.92. The van der Waals surface area contributed by atoms with Crippen molar-refractivity contribution in [3.63, 3.8) is 0 Å². The summed E-state index contributed by atoms with van der Waals surface area (Å²) in [5.74, 6) is 0.450. The fraction of sp³-hybridized carbons (Fsp3) is 0.500. The highest BCUT2D eigenvalue weighted by Gasteiger charge is 2.25. The molecule has 0 spiro atoms. The predicted octanol–water partition coefficient (Wildman–Crippen LogP) is 3.46. The molecule has 0 saturated carbocycles. The largest absolute Gasteiger partial charge is 0.371 e. The van der Waals surface area contributed by atoms with Crippen LogP contribution in [0.2, 0.25) is 0 Å². The van der Waals surface area contributed by atoms with Gasteiger partial charge in [-0.2, -0.15) is 0 Å². The van der Waals surface area contributed by atoms with E-state index >= 15 is 0 Å². The molecular formula is C18H24FN3. The van der Waals surface area contributed by atoms with E-state index in [9.17, 15) is 4.39 Å². The van der Waals surface area contributed by atoms with Crippen LogP contribution in [0.15, 0.2) is 24.3 Å². The van der Waals surface area contributed by atoms with Gasteiger partial charge in [-0.1, -0.05) is 19.1 Å². The molecule has 0 radical (unpaired) electrons. The van der Waals surface area contributed by atoms with Crippen molar-refractivity contribution >= 4 is 16.6 Å². The summed E-state index contributed by atoms with van der Waals surface area (Å²) in [5, 5.41) is 0.926. The minimum absolute atomic E-state index is 0.232. The zero-order chi connectivity index (χ0) is 15.7. The van der Waals surface area contributed by atoms with Crippen LogP contribution in [0.25, 0.3) is 10.9 Å². The van der Waals surface area contributed by atoms with Crippen LogP contribution < -0.4 is 4.90 Å². The minimum atomic E-state index is -0.232. The Balaban J connectivity index is 1.90. The van der Waals surface area contributed by atoms with Crippen LogP contribution in [0.3, 0.4) is 0 Å². The van der Waals surface area contributed by atoms with Gasteiger partial charge in [-0.05, 0) is 45.0 Å². The summed E-state index contributed by atoms with van der Waals surface area (Å²) in [6, 6.07) is 7.33. The normalized spacial score (nSPS) is 18.6. The maximum absolute atomic E-state index is 14.0. The summed E-state index contributed by atoms with van der Waals surface area (Å²) < 4.78 is 14.0. The highest BCUT2D eigenvalue weighted by Crippen LogP contribution is 2.32. The van der Waals surface area contributed by atoms with E-state index in [1.165, 1.54) is 12.5 Å². The molecule has 1 fully saturated rings. The predicted molar refractivity (Wildman–Crippen MR) is 89.9 cm³/mol.